The Bertz CT molecular complexity index is 708. The van der Waals surface area contributed by atoms with Gasteiger partial charge in [-0.3, -0.25) is 0 Å². The number of nitrogens with zero attached hydrogens (tertiary/aromatic N) is 4. The standard InChI is InChI=1S/C16H24BrN5O2/c1-11(2)21(15(23)24-16(3,4)5)9-8-18-13-6-7-14-19-10-12(17)22(14)20-13/h6-7,10-11H,8-9H2,1-5H3,(H,18,20). The van der Waals surface area contributed by atoms with Gasteiger partial charge in [0.2, 0.25) is 0 Å². The molecule has 0 radical (unpaired) electrons. The number of rotatable bonds is 5. The van der Waals surface area contributed by atoms with Crippen LogP contribution < -0.4 is 5.32 Å². The molecule has 0 bridgehead atoms. The van der Waals surface area contributed by atoms with Crippen molar-refractivity contribution in [2.75, 3.05) is 18.4 Å². The maximum Gasteiger partial charge on any atom is 0.410 e. The molecule has 2 heterocycles. The van der Waals surface area contributed by atoms with Crippen LogP contribution in [0.1, 0.15) is 34.6 Å². The first-order valence-corrected chi connectivity index (χ1v) is 8.70. The van der Waals surface area contributed by atoms with Gasteiger partial charge in [0.15, 0.2) is 5.65 Å². The molecule has 0 spiro atoms. The van der Waals surface area contributed by atoms with Crippen molar-refractivity contribution in [2.45, 2.75) is 46.3 Å². The van der Waals surface area contributed by atoms with Crippen LogP contribution in [0.5, 0.6) is 0 Å². The third kappa shape index (κ3) is 4.83. The van der Waals surface area contributed by atoms with Gasteiger partial charge in [-0.15, -0.1) is 5.10 Å². The van der Waals surface area contributed by atoms with Crippen LogP contribution >= 0.6 is 15.9 Å². The van der Waals surface area contributed by atoms with Crippen molar-refractivity contribution >= 4 is 33.5 Å². The van der Waals surface area contributed by atoms with Gasteiger partial charge in [0, 0.05) is 19.1 Å². The van der Waals surface area contributed by atoms with Crippen LogP contribution in [0, 0.1) is 0 Å². The van der Waals surface area contributed by atoms with E-state index in [1.807, 2.05) is 46.8 Å². The SMILES string of the molecule is CC(C)N(CCNc1ccc2ncc(Br)n2n1)C(=O)OC(C)(C)C. The number of anilines is 1. The molecule has 132 valence electrons. The second kappa shape index (κ2) is 7.38. The normalized spacial score (nSPS) is 11.8. The Morgan fingerprint density at radius 2 is 2.12 bits per heavy atom. The zero-order chi connectivity index (χ0) is 17.9. The van der Waals surface area contributed by atoms with Gasteiger partial charge in [-0.05, 0) is 62.7 Å². The fourth-order valence-electron chi connectivity index (χ4n) is 2.12. The lowest BCUT2D eigenvalue weighted by atomic mass is 10.2. The molecule has 1 amide bonds. The average molecular weight is 398 g/mol. The first-order chi connectivity index (χ1) is 11.2. The van der Waals surface area contributed by atoms with E-state index in [-0.39, 0.29) is 12.1 Å². The highest BCUT2D eigenvalue weighted by Crippen LogP contribution is 2.14. The lowest BCUT2D eigenvalue weighted by Crippen LogP contribution is -2.43. The number of halogens is 1. The summed E-state index contributed by atoms with van der Waals surface area (Å²) in [4.78, 5) is 18.2. The molecule has 0 saturated heterocycles. The number of amides is 1. The van der Waals surface area contributed by atoms with E-state index in [0.717, 1.165) is 10.3 Å². The van der Waals surface area contributed by atoms with Crippen LogP contribution in [-0.2, 0) is 4.74 Å². The van der Waals surface area contributed by atoms with Crippen LogP contribution in [0.4, 0.5) is 10.6 Å². The second-order valence-electron chi connectivity index (χ2n) is 6.76. The van der Waals surface area contributed by atoms with Crippen molar-refractivity contribution in [3.05, 3.63) is 22.9 Å². The summed E-state index contributed by atoms with van der Waals surface area (Å²) in [6.07, 6.45) is 1.40. The van der Waals surface area contributed by atoms with Crippen molar-refractivity contribution < 1.29 is 9.53 Å². The van der Waals surface area contributed by atoms with Crippen molar-refractivity contribution in [3.63, 3.8) is 0 Å². The topological polar surface area (TPSA) is 71.8 Å². The molecule has 1 N–H and O–H groups in total. The molecule has 0 saturated carbocycles. The molecule has 0 fully saturated rings. The van der Waals surface area contributed by atoms with Gasteiger partial charge in [-0.1, -0.05) is 0 Å². The molecule has 0 atom stereocenters. The number of carbonyl (C=O) groups is 1. The third-order valence-electron chi connectivity index (χ3n) is 3.23. The zero-order valence-electron chi connectivity index (χ0n) is 14.7. The fraction of sp³-hybridized carbons (Fsp3) is 0.562. The number of hydrogen-bond donors (Lipinski definition) is 1. The predicted octanol–water partition coefficient (Wildman–Crippen LogP) is 3.55. The summed E-state index contributed by atoms with van der Waals surface area (Å²) in [7, 11) is 0. The molecule has 0 aliphatic carbocycles. The van der Waals surface area contributed by atoms with E-state index in [1.165, 1.54) is 0 Å². The minimum absolute atomic E-state index is 0.0554. The zero-order valence-corrected chi connectivity index (χ0v) is 16.3. The Kier molecular flexibility index (Phi) is 5.69. The molecule has 2 aromatic heterocycles. The first-order valence-electron chi connectivity index (χ1n) is 7.91. The lowest BCUT2D eigenvalue weighted by Gasteiger charge is -2.30. The number of fused-ring (bicyclic) bond motifs is 1. The second-order valence-corrected chi connectivity index (χ2v) is 7.58. The molecule has 8 heteroatoms. The minimum atomic E-state index is -0.502. The van der Waals surface area contributed by atoms with Gasteiger partial charge in [-0.25, -0.2) is 14.3 Å². The van der Waals surface area contributed by atoms with Gasteiger partial charge in [-0.2, -0.15) is 0 Å². The molecule has 2 aromatic rings. The summed E-state index contributed by atoms with van der Waals surface area (Å²) in [5, 5.41) is 7.67. The van der Waals surface area contributed by atoms with Crippen LogP contribution in [-0.4, -0.2) is 50.3 Å². The van der Waals surface area contributed by atoms with Crippen molar-refractivity contribution in [3.8, 4) is 0 Å². The molecule has 0 unspecified atom stereocenters. The van der Waals surface area contributed by atoms with Gasteiger partial charge in [0.05, 0.1) is 6.20 Å². The first kappa shape index (κ1) is 18.5. The maximum atomic E-state index is 12.3. The van der Waals surface area contributed by atoms with Crippen molar-refractivity contribution in [1.82, 2.24) is 19.5 Å². The number of imidazole rings is 1. The quantitative estimate of drug-likeness (QED) is 0.834. The smallest absolute Gasteiger partial charge is 0.410 e. The highest BCUT2D eigenvalue weighted by atomic mass is 79.9. The van der Waals surface area contributed by atoms with E-state index in [0.29, 0.717) is 18.9 Å². The van der Waals surface area contributed by atoms with Crippen LogP contribution in [0.2, 0.25) is 0 Å². The number of aromatic nitrogens is 3. The largest absolute Gasteiger partial charge is 0.444 e. The van der Waals surface area contributed by atoms with Crippen LogP contribution in [0.3, 0.4) is 0 Å². The predicted molar refractivity (Wildman–Crippen MR) is 97.3 cm³/mol. The number of ether oxygens (including phenoxy) is 1. The van der Waals surface area contributed by atoms with Crippen molar-refractivity contribution in [2.24, 2.45) is 0 Å². The summed E-state index contributed by atoms with van der Waals surface area (Å²) in [5.74, 6) is 0.717. The Morgan fingerprint density at radius 3 is 2.75 bits per heavy atom. The monoisotopic (exact) mass is 397 g/mol. The van der Waals surface area contributed by atoms with Gasteiger partial charge >= 0.3 is 6.09 Å². The summed E-state index contributed by atoms with van der Waals surface area (Å²) < 4.78 is 7.95. The summed E-state index contributed by atoms with van der Waals surface area (Å²) in [6.45, 7) is 10.6. The highest BCUT2D eigenvalue weighted by Gasteiger charge is 2.23. The van der Waals surface area contributed by atoms with E-state index in [4.69, 9.17) is 4.74 Å². The average Bonchev–Trinajstić information content (AvgIpc) is 2.82. The van der Waals surface area contributed by atoms with Gasteiger partial charge in [0.1, 0.15) is 16.0 Å². The summed E-state index contributed by atoms with van der Waals surface area (Å²) in [5.41, 5.74) is 0.266. The molecular formula is C16H24BrN5O2. The molecule has 0 aliphatic heterocycles. The van der Waals surface area contributed by atoms with Crippen molar-refractivity contribution in [1.29, 1.82) is 0 Å². The maximum absolute atomic E-state index is 12.3. The van der Waals surface area contributed by atoms with E-state index in [1.54, 1.807) is 15.6 Å². The molecule has 2 rings (SSSR count). The summed E-state index contributed by atoms with van der Waals surface area (Å²) >= 11 is 3.40. The van der Waals surface area contributed by atoms with Crippen LogP contribution in [0.25, 0.3) is 5.65 Å². The Morgan fingerprint density at radius 1 is 1.42 bits per heavy atom. The van der Waals surface area contributed by atoms with Gasteiger partial charge < -0.3 is 15.0 Å². The molecule has 24 heavy (non-hydrogen) atoms. The molecule has 0 aromatic carbocycles. The Balaban J connectivity index is 1.96. The fourth-order valence-corrected chi connectivity index (χ4v) is 2.49. The number of nitrogens with one attached hydrogen (secondary N) is 1. The number of hydrogen-bond acceptors (Lipinski definition) is 5. The minimum Gasteiger partial charge on any atom is -0.444 e. The molecular weight excluding hydrogens is 374 g/mol. The number of carbonyl (C=O) groups excluding carboxylic acids is 1. The van der Waals surface area contributed by atoms with E-state index < -0.39 is 5.60 Å². The highest BCUT2D eigenvalue weighted by molar-refractivity contribution is 9.10. The Hall–Kier alpha value is -1.83. The van der Waals surface area contributed by atoms with E-state index in [9.17, 15) is 4.79 Å². The molecule has 0 aliphatic rings. The Labute approximate surface area is 150 Å². The van der Waals surface area contributed by atoms with Gasteiger partial charge in [0.25, 0.3) is 0 Å². The third-order valence-corrected chi connectivity index (χ3v) is 3.77. The summed E-state index contributed by atoms with van der Waals surface area (Å²) in [6, 6.07) is 3.80. The van der Waals surface area contributed by atoms with Crippen LogP contribution in [0.15, 0.2) is 22.9 Å². The molecule has 7 nitrogen and oxygen atoms in total. The van der Waals surface area contributed by atoms with E-state index >= 15 is 0 Å². The van der Waals surface area contributed by atoms with E-state index in [2.05, 4.69) is 31.3 Å². The lowest BCUT2D eigenvalue weighted by molar-refractivity contribution is 0.0200.